The van der Waals surface area contributed by atoms with Crippen molar-refractivity contribution in [2.75, 3.05) is 17.3 Å². The number of anilines is 2. The summed E-state index contributed by atoms with van der Waals surface area (Å²) in [4.78, 5) is 43.7. The first kappa shape index (κ1) is 20.9. The SMILES string of the molecule is CN(C(=O)c1nc[nH]c1C(N)=O)c1ccc(NC(=O)c2c(F)ccc(F)c2Cl)cc1. The molecule has 0 unspecified atom stereocenters. The molecule has 0 radical (unpaired) electrons. The molecule has 11 heteroatoms. The van der Waals surface area contributed by atoms with E-state index in [0.717, 1.165) is 12.1 Å². The molecule has 0 saturated carbocycles. The van der Waals surface area contributed by atoms with Gasteiger partial charge in [-0.3, -0.25) is 14.4 Å². The van der Waals surface area contributed by atoms with Crippen molar-refractivity contribution in [3.63, 3.8) is 0 Å². The number of hydrogen-bond acceptors (Lipinski definition) is 4. The zero-order valence-electron chi connectivity index (χ0n) is 15.4. The molecular formula is C19H14ClF2N5O3. The van der Waals surface area contributed by atoms with Gasteiger partial charge in [0.05, 0.1) is 16.9 Å². The Morgan fingerprint density at radius 1 is 1.10 bits per heavy atom. The normalized spacial score (nSPS) is 10.5. The van der Waals surface area contributed by atoms with Crippen LogP contribution in [0.5, 0.6) is 0 Å². The van der Waals surface area contributed by atoms with Gasteiger partial charge in [0.25, 0.3) is 17.7 Å². The lowest BCUT2D eigenvalue weighted by molar-refractivity contribution is 0.0958. The molecule has 3 aromatic rings. The van der Waals surface area contributed by atoms with Gasteiger partial charge in [-0.05, 0) is 36.4 Å². The number of amides is 3. The summed E-state index contributed by atoms with van der Waals surface area (Å²) in [6, 6.07) is 7.50. The minimum Gasteiger partial charge on any atom is -0.364 e. The van der Waals surface area contributed by atoms with E-state index in [0.29, 0.717) is 5.69 Å². The van der Waals surface area contributed by atoms with E-state index < -0.39 is 39.9 Å². The zero-order chi connectivity index (χ0) is 22.0. The van der Waals surface area contributed by atoms with Crippen LogP contribution in [0.15, 0.2) is 42.7 Å². The number of H-pyrrole nitrogens is 1. The summed E-state index contributed by atoms with van der Waals surface area (Å²) in [6.45, 7) is 0. The Morgan fingerprint density at radius 2 is 1.73 bits per heavy atom. The number of primary amides is 1. The molecule has 2 aromatic carbocycles. The number of nitrogens with one attached hydrogen (secondary N) is 2. The predicted octanol–water partition coefficient (Wildman–Crippen LogP) is 2.97. The predicted molar refractivity (Wildman–Crippen MR) is 106 cm³/mol. The lowest BCUT2D eigenvalue weighted by atomic mass is 10.1. The van der Waals surface area contributed by atoms with Gasteiger partial charge in [-0.25, -0.2) is 13.8 Å². The summed E-state index contributed by atoms with van der Waals surface area (Å²) in [5.41, 5.74) is 4.98. The molecular weight excluding hydrogens is 420 g/mol. The number of nitrogens with two attached hydrogens (primary N) is 1. The highest BCUT2D eigenvalue weighted by Crippen LogP contribution is 2.25. The van der Waals surface area contributed by atoms with E-state index in [9.17, 15) is 23.2 Å². The third kappa shape index (κ3) is 3.98. The number of carbonyl (C=O) groups is 3. The lowest BCUT2D eigenvalue weighted by Crippen LogP contribution is -2.29. The van der Waals surface area contributed by atoms with Gasteiger partial charge in [0.15, 0.2) is 5.69 Å². The Morgan fingerprint density at radius 3 is 2.37 bits per heavy atom. The summed E-state index contributed by atoms with van der Waals surface area (Å²) >= 11 is 5.68. The molecule has 0 fully saturated rings. The molecule has 0 aliphatic rings. The van der Waals surface area contributed by atoms with Gasteiger partial charge in [-0.1, -0.05) is 11.6 Å². The van der Waals surface area contributed by atoms with Crippen molar-refractivity contribution in [2.45, 2.75) is 0 Å². The van der Waals surface area contributed by atoms with Gasteiger partial charge < -0.3 is 20.9 Å². The summed E-state index contributed by atoms with van der Waals surface area (Å²) < 4.78 is 27.4. The topological polar surface area (TPSA) is 121 Å². The van der Waals surface area contributed by atoms with Crippen LogP contribution in [0.4, 0.5) is 20.2 Å². The number of aromatic amines is 1. The monoisotopic (exact) mass is 433 g/mol. The molecule has 154 valence electrons. The summed E-state index contributed by atoms with van der Waals surface area (Å²) in [7, 11) is 1.46. The maximum Gasteiger partial charge on any atom is 0.279 e. The highest BCUT2D eigenvalue weighted by molar-refractivity contribution is 6.34. The molecule has 0 aliphatic heterocycles. The van der Waals surface area contributed by atoms with Crippen LogP contribution in [-0.4, -0.2) is 34.7 Å². The van der Waals surface area contributed by atoms with Gasteiger partial charge >= 0.3 is 0 Å². The van der Waals surface area contributed by atoms with Crippen LogP contribution in [0, 0.1) is 11.6 Å². The maximum atomic E-state index is 13.9. The van der Waals surface area contributed by atoms with Crippen LogP contribution in [-0.2, 0) is 0 Å². The van der Waals surface area contributed by atoms with Crippen molar-refractivity contribution < 1.29 is 23.2 Å². The summed E-state index contributed by atoms with van der Waals surface area (Å²) in [6.07, 6.45) is 1.18. The Balaban J connectivity index is 1.77. The van der Waals surface area contributed by atoms with Gasteiger partial charge in [0.2, 0.25) is 0 Å². The Bertz CT molecular complexity index is 1150. The Labute approximate surface area is 173 Å². The Kier molecular flexibility index (Phi) is 5.79. The first-order valence-corrected chi connectivity index (χ1v) is 8.74. The van der Waals surface area contributed by atoms with Gasteiger partial charge in [0.1, 0.15) is 17.3 Å². The van der Waals surface area contributed by atoms with Crippen LogP contribution in [0.1, 0.15) is 31.3 Å². The molecule has 0 spiro atoms. The fourth-order valence-electron chi connectivity index (χ4n) is 2.62. The third-order valence-electron chi connectivity index (χ3n) is 4.18. The zero-order valence-corrected chi connectivity index (χ0v) is 16.1. The number of benzene rings is 2. The van der Waals surface area contributed by atoms with E-state index >= 15 is 0 Å². The highest BCUT2D eigenvalue weighted by Gasteiger charge is 2.23. The van der Waals surface area contributed by atoms with Crippen LogP contribution in [0.25, 0.3) is 0 Å². The van der Waals surface area contributed by atoms with E-state index in [1.807, 2.05) is 0 Å². The van der Waals surface area contributed by atoms with E-state index in [1.165, 1.54) is 42.5 Å². The third-order valence-corrected chi connectivity index (χ3v) is 4.55. The van der Waals surface area contributed by atoms with Gasteiger partial charge in [0, 0.05) is 18.4 Å². The second-order valence-corrected chi connectivity index (χ2v) is 6.45. The first-order chi connectivity index (χ1) is 14.2. The summed E-state index contributed by atoms with van der Waals surface area (Å²) in [5, 5.41) is 1.78. The van der Waals surface area contributed by atoms with Crippen LogP contribution in [0.3, 0.4) is 0 Å². The number of imidazole rings is 1. The molecule has 8 nitrogen and oxygen atoms in total. The molecule has 4 N–H and O–H groups in total. The molecule has 0 bridgehead atoms. The standard InChI is InChI=1S/C19H14ClF2N5O3/c1-27(19(30)16-15(17(23)28)24-8-25-16)10-4-2-9(3-5-10)26-18(29)13-11(21)6-7-12(22)14(13)20/h2-8H,1H3,(H2,23,28)(H,24,25)(H,26,29). The van der Waals surface area contributed by atoms with Crippen molar-refractivity contribution in [2.24, 2.45) is 5.73 Å². The fourth-order valence-corrected chi connectivity index (χ4v) is 2.86. The average molecular weight is 434 g/mol. The number of nitrogens with zero attached hydrogens (tertiary/aromatic N) is 2. The van der Waals surface area contributed by atoms with Crippen LogP contribution < -0.4 is 16.0 Å². The molecule has 0 saturated heterocycles. The van der Waals surface area contributed by atoms with Crippen molar-refractivity contribution in [3.8, 4) is 0 Å². The van der Waals surface area contributed by atoms with Crippen molar-refractivity contribution in [1.29, 1.82) is 0 Å². The maximum absolute atomic E-state index is 13.9. The average Bonchev–Trinajstić information content (AvgIpc) is 3.21. The van der Waals surface area contributed by atoms with Crippen LogP contribution in [0.2, 0.25) is 5.02 Å². The number of rotatable bonds is 5. The molecule has 1 heterocycles. The summed E-state index contributed by atoms with van der Waals surface area (Å²) in [5.74, 6) is -4.24. The highest BCUT2D eigenvalue weighted by atomic mass is 35.5. The fraction of sp³-hybridized carbons (Fsp3) is 0.0526. The molecule has 0 aliphatic carbocycles. The number of aromatic nitrogens is 2. The van der Waals surface area contributed by atoms with E-state index in [2.05, 4.69) is 15.3 Å². The molecule has 1 aromatic heterocycles. The molecule has 30 heavy (non-hydrogen) atoms. The molecule has 3 rings (SSSR count). The molecule has 0 atom stereocenters. The second-order valence-electron chi connectivity index (χ2n) is 6.07. The van der Waals surface area contributed by atoms with E-state index in [-0.39, 0.29) is 17.1 Å². The number of hydrogen-bond donors (Lipinski definition) is 3. The quantitative estimate of drug-likeness (QED) is 0.535. The number of halogens is 3. The van der Waals surface area contributed by atoms with Gasteiger partial charge in [-0.15, -0.1) is 0 Å². The largest absolute Gasteiger partial charge is 0.364 e. The van der Waals surface area contributed by atoms with Gasteiger partial charge in [-0.2, -0.15) is 0 Å². The number of carbonyl (C=O) groups excluding carboxylic acids is 3. The first-order valence-electron chi connectivity index (χ1n) is 8.36. The van der Waals surface area contributed by atoms with E-state index in [4.69, 9.17) is 17.3 Å². The minimum absolute atomic E-state index is 0.121. The second kappa shape index (κ2) is 8.29. The van der Waals surface area contributed by atoms with Crippen molar-refractivity contribution in [3.05, 3.63) is 76.3 Å². The van der Waals surface area contributed by atoms with E-state index in [1.54, 1.807) is 0 Å². The van der Waals surface area contributed by atoms with Crippen molar-refractivity contribution in [1.82, 2.24) is 9.97 Å². The Hall–Kier alpha value is -3.79. The minimum atomic E-state index is -0.967. The smallest absolute Gasteiger partial charge is 0.279 e. The lowest BCUT2D eigenvalue weighted by Gasteiger charge is -2.17. The molecule has 3 amide bonds. The van der Waals surface area contributed by atoms with Crippen molar-refractivity contribution >= 4 is 40.7 Å². The van der Waals surface area contributed by atoms with Crippen LogP contribution >= 0.6 is 11.6 Å².